The minimum absolute atomic E-state index is 0.866. The van der Waals surface area contributed by atoms with Crippen molar-refractivity contribution in [3.05, 3.63) is 72.8 Å². The average molecular weight is 193 g/mol. The number of benzene rings is 2. The maximum atomic E-state index is 3.77. The minimum Gasteiger partial charge on any atom is -0.103 e. The Morgan fingerprint density at radius 1 is 1.07 bits per heavy atom. The molecule has 1 radical (unpaired) electrons. The molecule has 2 aromatic rings. The first-order valence-electron chi connectivity index (χ1n) is 5.07. The highest BCUT2D eigenvalue weighted by Crippen LogP contribution is 2.23. The van der Waals surface area contributed by atoms with E-state index in [0.717, 1.165) is 6.42 Å². The van der Waals surface area contributed by atoms with Crippen LogP contribution in [0.2, 0.25) is 0 Å². The summed E-state index contributed by atoms with van der Waals surface area (Å²) in [4.78, 5) is 0. The fourth-order valence-electron chi connectivity index (χ4n) is 1.67. The predicted molar refractivity (Wildman–Crippen MR) is 64.6 cm³/mol. The maximum absolute atomic E-state index is 3.77. The van der Waals surface area contributed by atoms with Crippen LogP contribution in [0.15, 0.2) is 61.2 Å². The summed E-state index contributed by atoms with van der Waals surface area (Å²) in [5, 5.41) is 0. The third-order valence-corrected chi connectivity index (χ3v) is 2.38. The van der Waals surface area contributed by atoms with Crippen LogP contribution in [0.1, 0.15) is 5.56 Å². The molecular formula is C15H13. The van der Waals surface area contributed by atoms with E-state index in [1.54, 1.807) is 0 Å². The van der Waals surface area contributed by atoms with Crippen molar-refractivity contribution in [2.24, 2.45) is 0 Å². The molecule has 0 fully saturated rings. The molecule has 0 saturated heterocycles. The molecule has 2 rings (SSSR count). The van der Waals surface area contributed by atoms with E-state index in [9.17, 15) is 0 Å². The van der Waals surface area contributed by atoms with Gasteiger partial charge in [-0.25, -0.2) is 0 Å². The van der Waals surface area contributed by atoms with Crippen LogP contribution in [0.3, 0.4) is 0 Å². The topological polar surface area (TPSA) is 0 Å². The van der Waals surface area contributed by atoms with Gasteiger partial charge >= 0.3 is 0 Å². The minimum atomic E-state index is 0.866. The second kappa shape index (κ2) is 4.61. The summed E-state index contributed by atoms with van der Waals surface area (Å²) in [6.07, 6.45) is 2.78. The van der Waals surface area contributed by atoms with E-state index < -0.39 is 0 Å². The van der Waals surface area contributed by atoms with Gasteiger partial charge in [-0.05, 0) is 29.2 Å². The van der Waals surface area contributed by atoms with Crippen LogP contribution in [0, 0.1) is 6.07 Å². The van der Waals surface area contributed by atoms with Gasteiger partial charge in [-0.2, -0.15) is 0 Å². The quantitative estimate of drug-likeness (QED) is 0.649. The molecular weight excluding hydrogens is 180 g/mol. The second-order valence-corrected chi connectivity index (χ2v) is 3.42. The number of hydrogen-bond donors (Lipinski definition) is 0. The Balaban J connectivity index is 2.48. The standard InChI is InChI=1S/C15H13/c1-2-8-13-11-6-7-12-15(13)14-9-4-3-5-10-14/h2-7,9-10,12H,1,8H2. The van der Waals surface area contributed by atoms with Gasteiger partial charge in [0.2, 0.25) is 0 Å². The lowest BCUT2D eigenvalue weighted by atomic mass is 9.98. The summed E-state index contributed by atoms with van der Waals surface area (Å²) in [6, 6.07) is 19.8. The molecule has 0 aliphatic heterocycles. The monoisotopic (exact) mass is 193 g/mol. The Labute approximate surface area is 90.9 Å². The third-order valence-electron chi connectivity index (χ3n) is 2.38. The van der Waals surface area contributed by atoms with Gasteiger partial charge in [0.15, 0.2) is 0 Å². The summed E-state index contributed by atoms with van der Waals surface area (Å²) >= 11 is 0. The van der Waals surface area contributed by atoms with E-state index in [-0.39, 0.29) is 0 Å². The van der Waals surface area contributed by atoms with Crippen LogP contribution < -0.4 is 0 Å². The van der Waals surface area contributed by atoms with E-state index in [4.69, 9.17) is 0 Å². The zero-order valence-electron chi connectivity index (χ0n) is 8.61. The highest BCUT2D eigenvalue weighted by molar-refractivity contribution is 5.67. The first-order chi connectivity index (χ1) is 7.42. The summed E-state index contributed by atoms with van der Waals surface area (Å²) in [7, 11) is 0. The van der Waals surface area contributed by atoms with Crippen LogP contribution in [0.5, 0.6) is 0 Å². The zero-order chi connectivity index (χ0) is 10.5. The fraction of sp³-hybridized carbons (Fsp3) is 0.0667. The van der Waals surface area contributed by atoms with Gasteiger partial charge in [0, 0.05) is 0 Å². The normalized spacial score (nSPS) is 9.87. The average Bonchev–Trinajstić information content (AvgIpc) is 2.31. The Morgan fingerprint density at radius 2 is 1.87 bits per heavy atom. The van der Waals surface area contributed by atoms with Crippen molar-refractivity contribution in [2.75, 3.05) is 0 Å². The van der Waals surface area contributed by atoms with Crippen molar-refractivity contribution in [1.29, 1.82) is 0 Å². The van der Waals surface area contributed by atoms with Gasteiger partial charge in [0.1, 0.15) is 0 Å². The highest BCUT2D eigenvalue weighted by atomic mass is 14.1. The van der Waals surface area contributed by atoms with E-state index in [2.05, 4.69) is 43.0 Å². The van der Waals surface area contributed by atoms with Gasteiger partial charge in [0.05, 0.1) is 0 Å². The lowest BCUT2D eigenvalue weighted by Crippen LogP contribution is -1.87. The summed E-state index contributed by atoms with van der Waals surface area (Å²) in [6.45, 7) is 3.77. The van der Waals surface area contributed by atoms with Crippen LogP contribution >= 0.6 is 0 Å². The molecule has 0 aliphatic rings. The Hall–Kier alpha value is -1.82. The number of allylic oxidation sites excluding steroid dienone is 1. The van der Waals surface area contributed by atoms with E-state index in [1.807, 2.05) is 24.3 Å². The zero-order valence-corrected chi connectivity index (χ0v) is 8.61. The largest absolute Gasteiger partial charge is 0.103 e. The fourth-order valence-corrected chi connectivity index (χ4v) is 1.67. The summed E-state index contributed by atoms with van der Waals surface area (Å²) in [5.74, 6) is 0. The molecule has 0 bridgehead atoms. The molecule has 15 heavy (non-hydrogen) atoms. The van der Waals surface area contributed by atoms with E-state index in [1.165, 1.54) is 16.7 Å². The van der Waals surface area contributed by atoms with Gasteiger partial charge in [-0.1, -0.05) is 54.6 Å². The van der Waals surface area contributed by atoms with Crippen molar-refractivity contribution in [3.63, 3.8) is 0 Å². The maximum Gasteiger partial charge on any atom is -0.00878 e. The SMILES string of the molecule is C=CCc1[c]cccc1-c1ccccc1. The molecule has 73 valence electrons. The molecule has 0 heteroatoms. The van der Waals surface area contributed by atoms with Crippen LogP contribution in [0.25, 0.3) is 11.1 Å². The van der Waals surface area contributed by atoms with Crippen molar-refractivity contribution >= 4 is 0 Å². The van der Waals surface area contributed by atoms with E-state index >= 15 is 0 Å². The molecule has 0 heterocycles. The predicted octanol–water partition coefficient (Wildman–Crippen LogP) is 3.88. The molecule has 0 aliphatic carbocycles. The van der Waals surface area contributed by atoms with Crippen LogP contribution in [-0.2, 0) is 6.42 Å². The lowest BCUT2D eigenvalue weighted by Gasteiger charge is -2.06. The molecule has 0 N–H and O–H groups in total. The Kier molecular flexibility index (Phi) is 2.99. The van der Waals surface area contributed by atoms with Gasteiger partial charge in [0.25, 0.3) is 0 Å². The van der Waals surface area contributed by atoms with E-state index in [0.29, 0.717) is 0 Å². The molecule has 0 atom stereocenters. The van der Waals surface area contributed by atoms with Crippen molar-refractivity contribution < 1.29 is 0 Å². The summed E-state index contributed by atoms with van der Waals surface area (Å²) in [5.41, 5.74) is 3.70. The Bertz CT molecular complexity index is 441. The van der Waals surface area contributed by atoms with Crippen molar-refractivity contribution in [1.82, 2.24) is 0 Å². The molecule has 0 aromatic heterocycles. The lowest BCUT2D eigenvalue weighted by molar-refractivity contribution is 1.27. The first kappa shape index (κ1) is 9.72. The van der Waals surface area contributed by atoms with Gasteiger partial charge < -0.3 is 0 Å². The number of hydrogen-bond acceptors (Lipinski definition) is 0. The molecule has 2 aromatic carbocycles. The molecule has 0 saturated carbocycles. The third kappa shape index (κ3) is 2.16. The second-order valence-electron chi connectivity index (χ2n) is 3.42. The van der Waals surface area contributed by atoms with Crippen molar-refractivity contribution in [2.45, 2.75) is 6.42 Å². The molecule has 0 unspecified atom stereocenters. The number of rotatable bonds is 3. The van der Waals surface area contributed by atoms with Gasteiger partial charge in [-0.15, -0.1) is 6.58 Å². The molecule has 0 nitrogen and oxygen atoms in total. The smallest absolute Gasteiger partial charge is 0.00878 e. The molecule has 0 spiro atoms. The summed E-state index contributed by atoms with van der Waals surface area (Å²) < 4.78 is 0. The van der Waals surface area contributed by atoms with Gasteiger partial charge in [-0.3, -0.25) is 0 Å². The highest BCUT2D eigenvalue weighted by Gasteiger charge is 2.01. The molecule has 0 amide bonds. The van der Waals surface area contributed by atoms with Crippen molar-refractivity contribution in [3.8, 4) is 11.1 Å². The first-order valence-corrected chi connectivity index (χ1v) is 5.07. The Morgan fingerprint density at radius 3 is 2.60 bits per heavy atom. The van der Waals surface area contributed by atoms with Crippen LogP contribution in [-0.4, -0.2) is 0 Å². The van der Waals surface area contributed by atoms with Crippen LogP contribution in [0.4, 0.5) is 0 Å².